The maximum absolute atomic E-state index is 12.9. The summed E-state index contributed by atoms with van der Waals surface area (Å²) in [4.78, 5) is 35.1. The first-order valence-corrected chi connectivity index (χ1v) is 12.8. The van der Waals surface area contributed by atoms with E-state index in [-0.39, 0.29) is 29.2 Å². The maximum atomic E-state index is 12.9. The molecule has 18 heteroatoms. The Labute approximate surface area is 229 Å². The van der Waals surface area contributed by atoms with Crippen LogP contribution in [0.1, 0.15) is 12.0 Å². The van der Waals surface area contributed by atoms with Gasteiger partial charge in [-0.15, -0.1) is 0 Å². The van der Waals surface area contributed by atoms with E-state index >= 15 is 0 Å². The van der Waals surface area contributed by atoms with Crippen LogP contribution in [0.5, 0.6) is 5.75 Å². The van der Waals surface area contributed by atoms with E-state index in [0.29, 0.717) is 17.7 Å². The number of sulfonamides is 1. The molecule has 12 nitrogen and oxygen atoms in total. The van der Waals surface area contributed by atoms with Crippen LogP contribution in [0.3, 0.4) is 0 Å². The van der Waals surface area contributed by atoms with Crippen LogP contribution >= 0.6 is 23.2 Å². The fourth-order valence-corrected chi connectivity index (χ4v) is 4.64. The molecule has 1 atom stereocenters. The summed E-state index contributed by atoms with van der Waals surface area (Å²) in [6.45, 7) is 0.397. The lowest BCUT2D eigenvalue weighted by atomic mass is 10.1. The number of nitrogens with one attached hydrogen (secondary N) is 1. The molecule has 5 N–H and O–H groups in total. The second-order valence-corrected chi connectivity index (χ2v) is 9.86. The van der Waals surface area contributed by atoms with Gasteiger partial charge in [-0.05, 0) is 41.4 Å². The molecule has 0 saturated carbocycles. The lowest BCUT2D eigenvalue weighted by Crippen LogP contribution is -2.44. The summed E-state index contributed by atoms with van der Waals surface area (Å²) < 4.78 is 70.5. The van der Waals surface area contributed by atoms with Crippen molar-refractivity contribution in [3.8, 4) is 5.75 Å². The predicted octanol–water partition coefficient (Wildman–Crippen LogP) is 2.42. The van der Waals surface area contributed by atoms with Crippen molar-refractivity contribution in [2.75, 3.05) is 13.2 Å². The van der Waals surface area contributed by atoms with Crippen LogP contribution in [0.4, 0.5) is 13.2 Å². The second kappa shape index (κ2) is 14.1. The zero-order valence-corrected chi connectivity index (χ0v) is 21.9. The van der Waals surface area contributed by atoms with Gasteiger partial charge in [0.15, 0.2) is 0 Å². The average Bonchev–Trinajstić information content (AvgIpc) is 2.85. The number of ether oxygens (including phenoxy) is 1. The fraction of sp³-hybridized carbons (Fsp3) is 0.286. The molecule has 214 valence electrons. The van der Waals surface area contributed by atoms with E-state index in [2.05, 4.69) is 14.9 Å². The normalized spacial score (nSPS) is 12.2. The summed E-state index contributed by atoms with van der Waals surface area (Å²) in [5.74, 6) is -4.30. The smallest absolute Gasteiger partial charge is 0.493 e. The lowest BCUT2D eigenvalue weighted by Gasteiger charge is -2.18. The number of benzene rings is 2. The van der Waals surface area contributed by atoms with Crippen LogP contribution in [-0.2, 0) is 40.6 Å². The summed E-state index contributed by atoms with van der Waals surface area (Å²) in [5, 5.41) is 2.86. The largest absolute Gasteiger partial charge is 0.495 e. The average molecular weight is 617 g/mol. The second-order valence-electron chi connectivity index (χ2n) is 7.40. The van der Waals surface area contributed by atoms with E-state index in [1.165, 1.54) is 36.4 Å². The van der Waals surface area contributed by atoms with Crippen molar-refractivity contribution in [1.29, 1.82) is 0 Å². The number of guanidine groups is 1. The number of halogens is 5. The molecule has 0 radical (unpaired) electrons. The molecule has 0 heterocycles. The summed E-state index contributed by atoms with van der Waals surface area (Å²) in [6, 6.07) is 7.68. The van der Waals surface area contributed by atoms with Gasteiger partial charge in [-0.1, -0.05) is 41.4 Å². The van der Waals surface area contributed by atoms with Gasteiger partial charge in [0.2, 0.25) is 16.0 Å². The third-order valence-corrected chi connectivity index (χ3v) is 6.85. The number of hydrogen-bond acceptors (Lipinski definition) is 9. The molecule has 0 aliphatic heterocycles. The number of alkyl halides is 3. The molecule has 0 bridgehead atoms. The highest BCUT2D eigenvalue weighted by Crippen LogP contribution is 2.29. The maximum Gasteiger partial charge on any atom is 0.495 e. The number of nitrogens with zero attached hydrogens (tertiary/aromatic N) is 1. The minimum Gasteiger partial charge on any atom is -0.493 e. The molecule has 0 unspecified atom stereocenters. The third-order valence-electron chi connectivity index (χ3n) is 4.40. The molecule has 0 aliphatic carbocycles. The first-order chi connectivity index (χ1) is 18.2. The molecule has 2 aromatic carbocycles. The van der Waals surface area contributed by atoms with Gasteiger partial charge in [0, 0.05) is 6.42 Å². The Kier molecular flexibility index (Phi) is 11.5. The zero-order valence-electron chi connectivity index (χ0n) is 19.6. The summed E-state index contributed by atoms with van der Waals surface area (Å²) >= 11 is 11.8. The molecule has 39 heavy (non-hydrogen) atoms. The standard InChI is InChI=1S/C21H21Cl2F3N4O8S/c22-14-3-1-4-16(17(14)23)39(33,34)30-15(18(31)37-38-19(32)21(24,25)26)11-12-5-7-13(8-6-12)35-9-2-10-36-29-20(27)28/h1,3-8,15,30H,2,9-11H2,(H4,27,28,29)/t15-/m0/s1. The Bertz CT molecular complexity index is 1290. The van der Waals surface area contributed by atoms with E-state index in [1.54, 1.807) is 0 Å². The molecule has 2 rings (SSSR count). The van der Waals surface area contributed by atoms with Gasteiger partial charge in [-0.3, -0.25) is 0 Å². The van der Waals surface area contributed by atoms with Gasteiger partial charge in [0.1, 0.15) is 23.3 Å². The topological polar surface area (TPSA) is 182 Å². The summed E-state index contributed by atoms with van der Waals surface area (Å²) in [5.41, 5.74) is 10.6. The van der Waals surface area contributed by atoms with Crippen molar-refractivity contribution < 1.29 is 50.5 Å². The van der Waals surface area contributed by atoms with Crippen molar-refractivity contribution in [2.24, 2.45) is 16.6 Å². The highest BCUT2D eigenvalue weighted by Gasteiger charge is 2.43. The molecule has 0 aliphatic rings. The van der Waals surface area contributed by atoms with Crippen LogP contribution in [0.2, 0.25) is 10.0 Å². The highest BCUT2D eigenvalue weighted by atomic mass is 35.5. The van der Waals surface area contributed by atoms with Crippen LogP contribution in [0.25, 0.3) is 0 Å². The lowest BCUT2D eigenvalue weighted by molar-refractivity contribution is -0.286. The predicted molar refractivity (Wildman–Crippen MR) is 131 cm³/mol. The Balaban J connectivity index is 2.15. The molecule has 0 aromatic heterocycles. The van der Waals surface area contributed by atoms with Crippen molar-refractivity contribution >= 4 is 51.1 Å². The van der Waals surface area contributed by atoms with Gasteiger partial charge in [-0.25, -0.2) is 27.8 Å². The SMILES string of the molecule is NC(N)=NOCCCOc1ccc(C[C@H](NS(=O)(=O)c2cccc(Cl)c2Cl)C(=O)OOC(=O)C(F)(F)F)cc1. The zero-order chi connectivity index (χ0) is 29.2. The minimum absolute atomic E-state index is 0.115. The van der Waals surface area contributed by atoms with Crippen LogP contribution < -0.4 is 20.9 Å². The number of rotatable bonds is 12. The molecule has 0 spiro atoms. The van der Waals surface area contributed by atoms with E-state index in [4.69, 9.17) is 44.2 Å². The van der Waals surface area contributed by atoms with Gasteiger partial charge in [0.05, 0.1) is 16.7 Å². The molecule has 0 saturated heterocycles. The highest BCUT2D eigenvalue weighted by molar-refractivity contribution is 7.89. The molecule has 0 amide bonds. The van der Waals surface area contributed by atoms with Crippen molar-refractivity contribution in [2.45, 2.75) is 30.0 Å². The quantitative estimate of drug-likeness (QED) is 0.105. The fourth-order valence-electron chi connectivity index (χ4n) is 2.69. The van der Waals surface area contributed by atoms with Crippen molar-refractivity contribution in [3.05, 3.63) is 58.1 Å². The van der Waals surface area contributed by atoms with Gasteiger partial charge in [0.25, 0.3) is 0 Å². The third kappa shape index (κ3) is 10.3. The van der Waals surface area contributed by atoms with E-state index in [0.717, 1.165) is 6.07 Å². The van der Waals surface area contributed by atoms with E-state index < -0.39 is 45.5 Å². The summed E-state index contributed by atoms with van der Waals surface area (Å²) in [6.07, 6.45) is -5.47. The minimum atomic E-state index is -5.46. The van der Waals surface area contributed by atoms with Gasteiger partial charge in [-0.2, -0.15) is 17.9 Å². The number of nitrogens with two attached hydrogens (primary N) is 2. The molecular weight excluding hydrogens is 596 g/mol. The van der Waals surface area contributed by atoms with Crippen molar-refractivity contribution in [3.63, 3.8) is 0 Å². The Hall–Kier alpha value is -3.47. The number of carbonyl (C=O) groups excluding carboxylic acids is 2. The Morgan fingerprint density at radius 3 is 2.31 bits per heavy atom. The Morgan fingerprint density at radius 2 is 1.69 bits per heavy atom. The van der Waals surface area contributed by atoms with Crippen LogP contribution in [0.15, 0.2) is 52.5 Å². The van der Waals surface area contributed by atoms with Crippen LogP contribution in [0, 0.1) is 0 Å². The van der Waals surface area contributed by atoms with E-state index in [9.17, 15) is 31.2 Å². The number of carbonyl (C=O) groups is 2. The van der Waals surface area contributed by atoms with E-state index in [1.807, 2.05) is 4.72 Å². The first-order valence-electron chi connectivity index (χ1n) is 10.6. The molecule has 2 aromatic rings. The first kappa shape index (κ1) is 31.7. The Morgan fingerprint density at radius 1 is 1.03 bits per heavy atom. The van der Waals surface area contributed by atoms with Crippen molar-refractivity contribution in [1.82, 2.24) is 4.72 Å². The summed E-state index contributed by atoms with van der Waals surface area (Å²) in [7, 11) is -4.57. The van der Waals surface area contributed by atoms with Crippen LogP contribution in [-0.4, -0.2) is 51.7 Å². The molecular formula is C21H21Cl2F3N4O8S. The number of hydrogen-bond donors (Lipinski definition) is 3. The van der Waals surface area contributed by atoms with Gasteiger partial charge >= 0.3 is 18.1 Å². The monoisotopic (exact) mass is 616 g/mol. The number of oxime groups is 1. The van der Waals surface area contributed by atoms with Gasteiger partial charge < -0.3 is 21.0 Å². The molecule has 0 fully saturated rings.